The van der Waals surface area contributed by atoms with Gasteiger partial charge in [0.15, 0.2) is 11.3 Å². The van der Waals surface area contributed by atoms with Crippen LogP contribution < -0.4 is 5.32 Å². The number of carbonyl (C=O) groups excluding carboxylic acids is 1. The largest absolute Gasteiger partial charge is 0.433 e. The molecule has 3 heterocycles. The summed E-state index contributed by atoms with van der Waals surface area (Å²) in [6, 6.07) is 12.6. The molecule has 0 bridgehead atoms. The number of hydrogen-bond acceptors (Lipinski definition) is 5. The van der Waals surface area contributed by atoms with Crippen molar-refractivity contribution < 1.29 is 26.4 Å². The standard InChI is InChI=1S/C24H19ClF3N5O3S/c25-16-8-6-15(7-9-16)20-13-21(24(26,27)28)33-22(31-20)19(14-29-33)23(34)30-17-4-3-5-18(12-17)37(35,36)32-10-1-2-11-32/h3-9,12-14H,1-2,10-11H2,(H,30,34). The first kappa shape index (κ1) is 25.2. The van der Waals surface area contributed by atoms with E-state index < -0.39 is 27.8 Å². The maximum atomic E-state index is 13.8. The first-order chi connectivity index (χ1) is 17.5. The first-order valence-corrected chi connectivity index (χ1v) is 13.0. The maximum Gasteiger partial charge on any atom is 0.433 e. The summed E-state index contributed by atoms with van der Waals surface area (Å²) < 4.78 is 69.2. The Morgan fingerprint density at radius 3 is 2.41 bits per heavy atom. The van der Waals surface area contributed by atoms with Gasteiger partial charge >= 0.3 is 6.18 Å². The van der Waals surface area contributed by atoms with Crippen LogP contribution in [-0.4, -0.2) is 46.3 Å². The van der Waals surface area contributed by atoms with Crippen molar-refractivity contribution in [3.05, 3.63) is 77.1 Å². The van der Waals surface area contributed by atoms with Crippen LogP contribution in [0.15, 0.2) is 65.7 Å². The molecule has 1 saturated heterocycles. The van der Waals surface area contributed by atoms with Crippen molar-refractivity contribution in [3.8, 4) is 11.3 Å². The second-order valence-corrected chi connectivity index (χ2v) is 10.8. The minimum Gasteiger partial charge on any atom is -0.322 e. The van der Waals surface area contributed by atoms with Crippen molar-refractivity contribution in [1.82, 2.24) is 18.9 Å². The van der Waals surface area contributed by atoms with E-state index in [2.05, 4.69) is 15.4 Å². The number of alkyl halides is 3. The minimum absolute atomic E-state index is 0.00886. The van der Waals surface area contributed by atoms with Gasteiger partial charge in [-0.3, -0.25) is 4.79 Å². The molecule has 1 amide bonds. The number of nitrogens with one attached hydrogen (secondary N) is 1. The van der Waals surface area contributed by atoms with Gasteiger partial charge in [0, 0.05) is 29.4 Å². The molecule has 13 heteroatoms. The van der Waals surface area contributed by atoms with E-state index in [0.717, 1.165) is 25.1 Å². The Balaban J connectivity index is 1.52. The van der Waals surface area contributed by atoms with E-state index in [1.165, 1.54) is 52.8 Å². The van der Waals surface area contributed by atoms with E-state index in [9.17, 15) is 26.4 Å². The van der Waals surface area contributed by atoms with Crippen LogP contribution in [0.4, 0.5) is 18.9 Å². The lowest BCUT2D eigenvalue weighted by molar-refractivity contribution is -0.142. The molecule has 1 aliphatic rings. The van der Waals surface area contributed by atoms with Crippen molar-refractivity contribution in [2.45, 2.75) is 23.9 Å². The normalized spacial score (nSPS) is 14.8. The molecule has 0 aliphatic carbocycles. The number of nitrogens with zero attached hydrogens (tertiary/aromatic N) is 4. The molecule has 192 valence electrons. The third kappa shape index (κ3) is 4.91. The lowest BCUT2D eigenvalue weighted by Crippen LogP contribution is -2.27. The number of halogens is 4. The van der Waals surface area contributed by atoms with Gasteiger partial charge in [-0.2, -0.15) is 22.6 Å². The number of benzene rings is 2. The highest BCUT2D eigenvalue weighted by Crippen LogP contribution is 2.33. The molecule has 37 heavy (non-hydrogen) atoms. The third-order valence-corrected chi connectivity index (χ3v) is 8.09. The highest BCUT2D eigenvalue weighted by atomic mass is 35.5. The topological polar surface area (TPSA) is 96.7 Å². The summed E-state index contributed by atoms with van der Waals surface area (Å²) in [4.78, 5) is 17.4. The molecule has 0 radical (unpaired) electrons. The van der Waals surface area contributed by atoms with Gasteiger partial charge in [-0.1, -0.05) is 29.8 Å². The monoisotopic (exact) mass is 549 g/mol. The lowest BCUT2D eigenvalue weighted by Gasteiger charge is -2.16. The summed E-state index contributed by atoms with van der Waals surface area (Å²) in [7, 11) is -3.73. The molecule has 5 rings (SSSR count). The van der Waals surface area contributed by atoms with Crippen LogP contribution in [0.1, 0.15) is 28.9 Å². The summed E-state index contributed by atoms with van der Waals surface area (Å²) in [6.07, 6.45) is -2.24. The number of carbonyl (C=O) groups is 1. The maximum absolute atomic E-state index is 13.8. The Hall–Kier alpha value is -3.48. The average molecular weight is 550 g/mol. The first-order valence-electron chi connectivity index (χ1n) is 11.2. The van der Waals surface area contributed by atoms with Crippen molar-refractivity contribution in [3.63, 3.8) is 0 Å². The quantitative estimate of drug-likeness (QED) is 0.373. The number of hydrogen-bond donors (Lipinski definition) is 1. The van der Waals surface area contributed by atoms with Crippen LogP contribution in [0, 0.1) is 0 Å². The number of anilines is 1. The van der Waals surface area contributed by atoms with Crippen LogP contribution in [0.3, 0.4) is 0 Å². The highest BCUT2D eigenvalue weighted by molar-refractivity contribution is 7.89. The van der Waals surface area contributed by atoms with Crippen molar-refractivity contribution in [2.75, 3.05) is 18.4 Å². The predicted molar refractivity (Wildman–Crippen MR) is 131 cm³/mol. The SMILES string of the molecule is O=C(Nc1cccc(S(=O)(=O)N2CCCC2)c1)c1cnn2c(C(F)(F)F)cc(-c3ccc(Cl)cc3)nc12. The summed E-state index contributed by atoms with van der Waals surface area (Å²) >= 11 is 5.89. The Morgan fingerprint density at radius 2 is 1.73 bits per heavy atom. The predicted octanol–water partition coefficient (Wildman–Crippen LogP) is 5.11. The number of aromatic nitrogens is 3. The molecule has 1 N–H and O–H groups in total. The van der Waals surface area contributed by atoms with Crippen molar-refractivity contribution in [1.29, 1.82) is 0 Å². The lowest BCUT2D eigenvalue weighted by atomic mass is 10.1. The van der Waals surface area contributed by atoms with E-state index in [1.807, 2.05) is 0 Å². The number of fused-ring (bicyclic) bond motifs is 1. The number of sulfonamides is 1. The second-order valence-electron chi connectivity index (χ2n) is 8.42. The van der Waals surface area contributed by atoms with Gasteiger partial charge < -0.3 is 5.32 Å². The zero-order chi connectivity index (χ0) is 26.4. The Kier molecular flexibility index (Phi) is 6.42. The van der Waals surface area contributed by atoms with E-state index in [4.69, 9.17) is 11.6 Å². The molecular formula is C24H19ClF3N5O3S. The average Bonchev–Trinajstić information content (AvgIpc) is 3.54. The highest BCUT2D eigenvalue weighted by Gasteiger charge is 2.36. The smallest absolute Gasteiger partial charge is 0.322 e. The van der Waals surface area contributed by atoms with E-state index in [0.29, 0.717) is 28.2 Å². The molecule has 0 atom stereocenters. The van der Waals surface area contributed by atoms with Crippen molar-refractivity contribution in [2.24, 2.45) is 0 Å². The summed E-state index contributed by atoms with van der Waals surface area (Å²) in [5, 5.41) is 6.71. The van der Waals surface area contributed by atoms with Crippen LogP contribution in [0.5, 0.6) is 0 Å². The molecule has 0 spiro atoms. The molecule has 4 aromatic rings. The van der Waals surface area contributed by atoms with Gasteiger partial charge in [0.25, 0.3) is 5.91 Å². The molecule has 0 unspecified atom stereocenters. The van der Waals surface area contributed by atoms with Gasteiger partial charge in [-0.15, -0.1) is 0 Å². The van der Waals surface area contributed by atoms with E-state index in [-0.39, 0.29) is 27.5 Å². The second kappa shape index (κ2) is 9.43. The molecule has 0 saturated carbocycles. The van der Waals surface area contributed by atoms with Crippen LogP contribution >= 0.6 is 11.6 Å². The zero-order valence-corrected chi connectivity index (χ0v) is 20.6. The molecule has 1 aliphatic heterocycles. The van der Waals surface area contributed by atoms with Crippen LogP contribution in [0.2, 0.25) is 5.02 Å². The number of amides is 1. The fourth-order valence-corrected chi connectivity index (χ4v) is 5.79. The molecule has 2 aromatic heterocycles. The van der Waals surface area contributed by atoms with E-state index >= 15 is 0 Å². The summed E-state index contributed by atoms with van der Waals surface area (Å²) in [5.41, 5.74) is -1.13. The Bertz CT molecular complexity index is 1600. The Morgan fingerprint density at radius 1 is 1.03 bits per heavy atom. The molecule has 8 nitrogen and oxygen atoms in total. The summed E-state index contributed by atoms with van der Waals surface area (Å²) in [6.45, 7) is 0.842. The van der Waals surface area contributed by atoms with Gasteiger partial charge in [0.1, 0.15) is 5.56 Å². The third-order valence-electron chi connectivity index (χ3n) is 5.94. The minimum atomic E-state index is -4.78. The fraction of sp³-hybridized carbons (Fsp3) is 0.208. The molecule has 2 aromatic carbocycles. The zero-order valence-electron chi connectivity index (χ0n) is 19.0. The van der Waals surface area contributed by atoms with Crippen LogP contribution in [0.25, 0.3) is 16.9 Å². The van der Waals surface area contributed by atoms with Gasteiger partial charge in [-0.05, 0) is 49.2 Å². The van der Waals surface area contributed by atoms with Gasteiger partial charge in [0.2, 0.25) is 10.0 Å². The van der Waals surface area contributed by atoms with Crippen LogP contribution in [-0.2, 0) is 16.2 Å². The van der Waals surface area contributed by atoms with Crippen molar-refractivity contribution >= 4 is 38.9 Å². The van der Waals surface area contributed by atoms with Gasteiger partial charge in [0.05, 0.1) is 16.8 Å². The fourth-order valence-electron chi connectivity index (χ4n) is 4.10. The molecule has 1 fully saturated rings. The van der Waals surface area contributed by atoms with E-state index in [1.54, 1.807) is 0 Å². The Labute approximate surface area is 214 Å². The van der Waals surface area contributed by atoms with Gasteiger partial charge in [-0.25, -0.2) is 17.9 Å². The molecular weight excluding hydrogens is 531 g/mol. The summed E-state index contributed by atoms with van der Waals surface area (Å²) in [5.74, 6) is -0.792. The number of rotatable bonds is 5.